The largest absolute Gasteiger partial charge is 0.392 e. The highest BCUT2D eigenvalue weighted by Gasteiger charge is 2.21. The Labute approximate surface area is 266 Å². The highest BCUT2D eigenvalue weighted by Crippen LogP contribution is 2.31. The van der Waals surface area contributed by atoms with Crippen molar-refractivity contribution in [3.05, 3.63) is 105 Å². The lowest BCUT2D eigenvalue weighted by atomic mass is 9.86. The standard InChI is InChI=1S/C35H38FN7O3/c1-35(2,3)24-15-22-18-38-43(34(46)32(22)28(36)17-24)30-8-6-7-26(27(30)21-44)23-16-29(33(45)41(5)20-23)39-31-10-9-25(19-37-31)42-13-11-40(4)12-14-42/h6-10,15-20,44H,11-14,21H2,1-5H3,(H,37,39). The van der Waals surface area contributed by atoms with Crippen molar-refractivity contribution in [1.82, 2.24) is 24.2 Å². The average molecular weight is 624 g/mol. The second-order valence-electron chi connectivity index (χ2n) is 12.9. The molecule has 238 valence electrons. The molecule has 0 bridgehead atoms. The molecule has 0 atom stereocenters. The lowest BCUT2D eigenvalue weighted by Crippen LogP contribution is -2.44. The van der Waals surface area contributed by atoms with E-state index >= 15 is 4.39 Å². The van der Waals surface area contributed by atoms with Crippen molar-refractivity contribution < 1.29 is 9.50 Å². The van der Waals surface area contributed by atoms with Crippen molar-refractivity contribution in [1.29, 1.82) is 0 Å². The number of aliphatic hydroxyl groups is 1. The molecule has 1 aliphatic rings. The molecular weight excluding hydrogens is 585 g/mol. The first-order valence-electron chi connectivity index (χ1n) is 15.3. The molecule has 1 fully saturated rings. The van der Waals surface area contributed by atoms with E-state index in [-0.39, 0.29) is 16.4 Å². The summed E-state index contributed by atoms with van der Waals surface area (Å²) in [4.78, 5) is 35.9. The van der Waals surface area contributed by atoms with Crippen LogP contribution < -0.4 is 21.3 Å². The van der Waals surface area contributed by atoms with Crippen LogP contribution in [0.15, 0.2) is 76.7 Å². The van der Waals surface area contributed by atoms with Gasteiger partial charge < -0.3 is 24.8 Å². The molecule has 0 saturated carbocycles. The van der Waals surface area contributed by atoms with E-state index < -0.39 is 18.0 Å². The molecule has 2 aromatic carbocycles. The van der Waals surface area contributed by atoms with E-state index in [1.54, 1.807) is 49.8 Å². The normalized spacial score (nSPS) is 14.2. The molecule has 4 heterocycles. The third-order valence-electron chi connectivity index (χ3n) is 8.62. The van der Waals surface area contributed by atoms with Gasteiger partial charge in [-0.05, 0) is 60.0 Å². The molecule has 0 amide bonds. The minimum absolute atomic E-state index is 0.0722. The van der Waals surface area contributed by atoms with Crippen molar-refractivity contribution in [3.63, 3.8) is 0 Å². The van der Waals surface area contributed by atoms with Crippen LogP contribution in [-0.2, 0) is 19.1 Å². The molecule has 0 aliphatic carbocycles. The van der Waals surface area contributed by atoms with Gasteiger partial charge in [0, 0.05) is 55.9 Å². The number of aliphatic hydroxyl groups excluding tert-OH is 1. The molecule has 10 nitrogen and oxygen atoms in total. The molecular formula is C35H38FN7O3. The van der Waals surface area contributed by atoms with Crippen LogP contribution in [0.4, 0.5) is 21.6 Å². The lowest BCUT2D eigenvalue weighted by molar-refractivity contribution is 0.282. The molecule has 0 radical (unpaired) electrons. The van der Waals surface area contributed by atoms with Gasteiger partial charge in [-0.25, -0.2) is 9.37 Å². The van der Waals surface area contributed by atoms with Crippen molar-refractivity contribution >= 4 is 28.0 Å². The third kappa shape index (κ3) is 5.91. The molecule has 5 aromatic rings. The summed E-state index contributed by atoms with van der Waals surface area (Å²) in [7, 11) is 3.76. The number of pyridine rings is 2. The second-order valence-corrected chi connectivity index (χ2v) is 12.9. The van der Waals surface area contributed by atoms with Gasteiger partial charge in [-0.3, -0.25) is 9.59 Å². The van der Waals surface area contributed by atoms with E-state index in [9.17, 15) is 14.7 Å². The molecule has 0 unspecified atom stereocenters. The van der Waals surface area contributed by atoms with E-state index in [4.69, 9.17) is 0 Å². The van der Waals surface area contributed by atoms with Crippen LogP contribution >= 0.6 is 0 Å². The average Bonchev–Trinajstić information content (AvgIpc) is 3.03. The Morgan fingerprint density at radius 3 is 2.39 bits per heavy atom. The summed E-state index contributed by atoms with van der Waals surface area (Å²) in [6.07, 6.45) is 4.94. The van der Waals surface area contributed by atoms with E-state index in [1.807, 2.05) is 32.9 Å². The van der Waals surface area contributed by atoms with E-state index in [2.05, 4.69) is 32.2 Å². The number of nitrogens with zero attached hydrogens (tertiary/aromatic N) is 6. The number of benzene rings is 2. The number of rotatable bonds is 6. The van der Waals surface area contributed by atoms with Gasteiger partial charge in [0.1, 0.15) is 17.3 Å². The van der Waals surface area contributed by atoms with Crippen LogP contribution in [0.25, 0.3) is 27.6 Å². The Bertz CT molecular complexity index is 2040. The summed E-state index contributed by atoms with van der Waals surface area (Å²) >= 11 is 0. The van der Waals surface area contributed by atoms with Crippen LogP contribution in [-0.4, -0.2) is 62.6 Å². The Balaban J connectivity index is 1.36. The number of hydrogen-bond donors (Lipinski definition) is 2. The molecule has 3 aromatic heterocycles. The maximum atomic E-state index is 15.4. The van der Waals surface area contributed by atoms with Gasteiger partial charge in [-0.1, -0.05) is 32.9 Å². The maximum Gasteiger partial charge on any atom is 0.282 e. The Morgan fingerprint density at radius 2 is 1.72 bits per heavy atom. The van der Waals surface area contributed by atoms with Gasteiger partial charge in [0.25, 0.3) is 11.1 Å². The number of hydrogen-bond acceptors (Lipinski definition) is 8. The summed E-state index contributed by atoms with van der Waals surface area (Å²) in [5, 5.41) is 18.4. The van der Waals surface area contributed by atoms with Crippen LogP contribution in [0.3, 0.4) is 0 Å². The lowest BCUT2D eigenvalue weighted by Gasteiger charge is -2.33. The summed E-state index contributed by atoms with van der Waals surface area (Å²) in [5.74, 6) is -0.101. The second kappa shape index (κ2) is 12.1. The van der Waals surface area contributed by atoms with Crippen molar-refractivity contribution in [2.75, 3.05) is 43.4 Å². The first kappa shape index (κ1) is 31.1. The van der Waals surface area contributed by atoms with E-state index in [0.717, 1.165) is 42.1 Å². The van der Waals surface area contributed by atoms with Gasteiger partial charge in [-0.15, -0.1) is 0 Å². The van der Waals surface area contributed by atoms with Crippen LogP contribution in [0.2, 0.25) is 0 Å². The fraction of sp³-hybridized carbons (Fsp3) is 0.314. The highest BCUT2D eigenvalue weighted by atomic mass is 19.1. The predicted molar refractivity (Wildman–Crippen MR) is 180 cm³/mol. The number of piperazine rings is 1. The van der Waals surface area contributed by atoms with Crippen molar-refractivity contribution in [2.24, 2.45) is 7.05 Å². The molecule has 1 aliphatic heterocycles. The number of halogens is 1. The summed E-state index contributed by atoms with van der Waals surface area (Å²) in [6.45, 7) is 9.32. The van der Waals surface area contributed by atoms with Gasteiger partial charge in [0.05, 0.1) is 35.8 Å². The summed E-state index contributed by atoms with van der Waals surface area (Å²) in [5.41, 5.74) is 2.82. The topological polar surface area (TPSA) is 109 Å². The monoisotopic (exact) mass is 623 g/mol. The first-order valence-corrected chi connectivity index (χ1v) is 15.3. The molecule has 0 spiro atoms. The van der Waals surface area contributed by atoms with Crippen molar-refractivity contribution in [2.45, 2.75) is 32.8 Å². The minimum Gasteiger partial charge on any atom is -0.392 e. The zero-order chi connectivity index (χ0) is 32.7. The minimum atomic E-state index is -0.628. The third-order valence-corrected chi connectivity index (χ3v) is 8.62. The Kier molecular flexibility index (Phi) is 8.22. The Hall–Kier alpha value is -4.87. The fourth-order valence-corrected chi connectivity index (χ4v) is 5.85. The number of nitrogens with one attached hydrogen (secondary N) is 1. The number of likely N-dealkylation sites (N-methyl/N-ethyl adjacent to an activating group) is 1. The van der Waals surface area contributed by atoms with Gasteiger partial charge >= 0.3 is 0 Å². The number of aryl methyl sites for hydroxylation is 1. The number of fused-ring (bicyclic) bond motifs is 1. The number of anilines is 3. The predicted octanol–water partition coefficient (Wildman–Crippen LogP) is 4.57. The van der Waals surface area contributed by atoms with Gasteiger partial charge in [-0.2, -0.15) is 9.78 Å². The van der Waals surface area contributed by atoms with Crippen LogP contribution in [0.5, 0.6) is 0 Å². The number of aromatic nitrogens is 4. The van der Waals surface area contributed by atoms with E-state index in [0.29, 0.717) is 39.3 Å². The molecule has 6 rings (SSSR count). The fourth-order valence-electron chi connectivity index (χ4n) is 5.85. The first-order chi connectivity index (χ1) is 21.9. The van der Waals surface area contributed by atoms with Gasteiger partial charge in [0.15, 0.2) is 0 Å². The summed E-state index contributed by atoms with van der Waals surface area (Å²) < 4.78 is 17.9. The van der Waals surface area contributed by atoms with E-state index in [1.165, 1.54) is 16.8 Å². The van der Waals surface area contributed by atoms with Crippen LogP contribution in [0, 0.1) is 5.82 Å². The summed E-state index contributed by atoms with van der Waals surface area (Å²) in [6, 6.07) is 13.9. The van der Waals surface area contributed by atoms with Gasteiger partial charge in [0.2, 0.25) is 0 Å². The molecule has 1 saturated heterocycles. The van der Waals surface area contributed by atoms with Crippen LogP contribution in [0.1, 0.15) is 31.9 Å². The quantitative estimate of drug-likeness (QED) is 0.283. The Morgan fingerprint density at radius 1 is 0.957 bits per heavy atom. The molecule has 46 heavy (non-hydrogen) atoms. The van der Waals surface area contributed by atoms with Crippen molar-refractivity contribution in [3.8, 4) is 16.8 Å². The zero-order valence-corrected chi connectivity index (χ0v) is 26.7. The smallest absolute Gasteiger partial charge is 0.282 e. The zero-order valence-electron chi connectivity index (χ0n) is 26.7. The SMILES string of the molecule is CN1CCN(c2ccc(Nc3cc(-c4cccc(-n5ncc6cc(C(C)(C)C)cc(F)c6c5=O)c4CO)cn(C)c3=O)nc2)CC1. The maximum absolute atomic E-state index is 15.4. The molecule has 11 heteroatoms. The molecule has 2 N–H and O–H groups in total. The highest BCUT2D eigenvalue weighted by molar-refractivity contribution is 5.83.